The van der Waals surface area contributed by atoms with Crippen molar-refractivity contribution in [2.45, 2.75) is 6.54 Å². The molecule has 0 aliphatic heterocycles. The second-order valence-electron chi connectivity index (χ2n) is 3.81. The molecule has 2 rings (SSSR count). The van der Waals surface area contributed by atoms with E-state index in [4.69, 9.17) is 4.74 Å². The minimum atomic E-state index is -0.368. The van der Waals surface area contributed by atoms with Crippen LogP contribution in [-0.2, 0) is 6.54 Å². The Bertz CT molecular complexity index is 545. The molecule has 1 N–H and O–H groups in total. The van der Waals surface area contributed by atoms with Crippen LogP contribution in [0.5, 0.6) is 11.5 Å². The quantitative estimate of drug-likeness (QED) is 0.918. The van der Waals surface area contributed by atoms with Gasteiger partial charge in [-0.05, 0) is 31.3 Å². The average Bonchev–Trinajstić information content (AvgIpc) is 2.36. The summed E-state index contributed by atoms with van der Waals surface area (Å²) in [5.41, 5.74) is 0.976. The van der Waals surface area contributed by atoms with Crippen LogP contribution in [0.2, 0.25) is 0 Å². The summed E-state index contributed by atoms with van der Waals surface area (Å²) < 4.78 is 20.1. The minimum Gasteiger partial charge on any atom is -0.454 e. The van der Waals surface area contributed by atoms with E-state index in [1.54, 1.807) is 18.2 Å². The fourth-order valence-corrected chi connectivity index (χ4v) is 1.95. The molecule has 0 saturated carbocycles. The van der Waals surface area contributed by atoms with Crippen LogP contribution in [0.15, 0.2) is 46.9 Å². The van der Waals surface area contributed by atoms with Crippen molar-refractivity contribution in [3.63, 3.8) is 0 Å². The predicted octanol–water partition coefficient (Wildman–Crippen LogP) is 4.10. The van der Waals surface area contributed by atoms with Crippen molar-refractivity contribution in [3.05, 3.63) is 58.3 Å². The smallest absolute Gasteiger partial charge is 0.165 e. The molecule has 0 amide bonds. The SMILES string of the molecule is CNCc1ccc(Br)cc1Oc1ccccc1F. The number of para-hydroxylation sites is 1. The standard InChI is InChI=1S/C14H13BrFNO/c1-17-9-10-6-7-11(15)8-14(10)18-13-5-3-2-4-12(13)16/h2-8,17H,9H2,1H3. The van der Waals surface area contributed by atoms with E-state index in [-0.39, 0.29) is 11.6 Å². The molecule has 0 unspecified atom stereocenters. The zero-order valence-electron chi connectivity index (χ0n) is 9.91. The molecule has 2 aromatic carbocycles. The lowest BCUT2D eigenvalue weighted by molar-refractivity contribution is 0.436. The summed E-state index contributed by atoms with van der Waals surface area (Å²) in [4.78, 5) is 0. The topological polar surface area (TPSA) is 21.3 Å². The van der Waals surface area contributed by atoms with Gasteiger partial charge in [-0.1, -0.05) is 34.1 Å². The van der Waals surface area contributed by atoms with Crippen molar-refractivity contribution in [2.24, 2.45) is 0 Å². The van der Waals surface area contributed by atoms with Gasteiger partial charge in [0, 0.05) is 16.6 Å². The van der Waals surface area contributed by atoms with Crippen LogP contribution in [0.4, 0.5) is 4.39 Å². The largest absolute Gasteiger partial charge is 0.454 e. The van der Waals surface area contributed by atoms with E-state index in [0.717, 1.165) is 10.0 Å². The zero-order valence-corrected chi connectivity index (χ0v) is 11.5. The summed E-state index contributed by atoms with van der Waals surface area (Å²) in [5, 5.41) is 3.06. The van der Waals surface area contributed by atoms with E-state index in [0.29, 0.717) is 12.3 Å². The van der Waals surface area contributed by atoms with Crippen molar-refractivity contribution in [2.75, 3.05) is 7.05 Å². The monoisotopic (exact) mass is 309 g/mol. The molecule has 2 nitrogen and oxygen atoms in total. The Balaban J connectivity index is 2.33. The van der Waals surface area contributed by atoms with Crippen LogP contribution >= 0.6 is 15.9 Å². The Hall–Kier alpha value is -1.39. The molecular weight excluding hydrogens is 297 g/mol. The summed E-state index contributed by atoms with van der Waals surface area (Å²) in [7, 11) is 1.86. The molecule has 0 radical (unpaired) electrons. The molecule has 94 valence electrons. The van der Waals surface area contributed by atoms with Crippen molar-refractivity contribution < 1.29 is 9.13 Å². The van der Waals surface area contributed by atoms with Crippen LogP contribution in [0.1, 0.15) is 5.56 Å². The first-order valence-electron chi connectivity index (χ1n) is 5.56. The predicted molar refractivity (Wildman–Crippen MR) is 73.4 cm³/mol. The van der Waals surface area contributed by atoms with Gasteiger partial charge >= 0.3 is 0 Å². The Morgan fingerprint density at radius 2 is 1.94 bits per heavy atom. The molecule has 0 aliphatic rings. The normalized spacial score (nSPS) is 10.4. The average molecular weight is 310 g/mol. The van der Waals surface area contributed by atoms with E-state index in [9.17, 15) is 4.39 Å². The summed E-state index contributed by atoms with van der Waals surface area (Å²) in [6.07, 6.45) is 0. The van der Waals surface area contributed by atoms with Gasteiger partial charge in [-0.15, -0.1) is 0 Å². The molecule has 0 spiro atoms. The zero-order chi connectivity index (χ0) is 13.0. The molecule has 0 saturated heterocycles. The van der Waals surface area contributed by atoms with Gasteiger partial charge in [0.05, 0.1) is 0 Å². The maximum absolute atomic E-state index is 13.5. The minimum absolute atomic E-state index is 0.230. The lowest BCUT2D eigenvalue weighted by Gasteiger charge is -2.12. The van der Waals surface area contributed by atoms with Gasteiger partial charge in [0.15, 0.2) is 11.6 Å². The van der Waals surface area contributed by atoms with E-state index in [1.165, 1.54) is 6.07 Å². The van der Waals surface area contributed by atoms with Crippen LogP contribution < -0.4 is 10.1 Å². The Morgan fingerprint density at radius 3 is 2.67 bits per heavy atom. The van der Waals surface area contributed by atoms with E-state index in [2.05, 4.69) is 21.2 Å². The summed E-state index contributed by atoms with van der Waals surface area (Å²) in [6, 6.07) is 12.1. The number of rotatable bonds is 4. The van der Waals surface area contributed by atoms with Crippen LogP contribution in [0.25, 0.3) is 0 Å². The van der Waals surface area contributed by atoms with Gasteiger partial charge < -0.3 is 10.1 Å². The highest BCUT2D eigenvalue weighted by Crippen LogP contribution is 2.29. The maximum atomic E-state index is 13.5. The Kier molecular flexibility index (Phi) is 4.33. The molecule has 0 bridgehead atoms. The molecule has 0 heterocycles. The van der Waals surface area contributed by atoms with Crippen LogP contribution in [0, 0.1) is 5.82 Å². The number of hydrogen-bond acceptors (Lipinski definition) is 2. The lowest BCUT2D eigenvalue weighted by Crippen LogP contribution is -2.06. The van der Waals surface area contributed by atoms with E-state index < -0.39 is 0 Å². The Labute approximate surface area is 114 Å². The first-order valence-corrected chi connectivity index (χ1v) is 6.35. The van der Waals surface area contributed by atoms with Gasteiger partial charge in [-0.25, -0.2) is 4.39 Å². The van der Waals surface area contributed by atoms with Crippen LogP contribution in [-0.4, -0.2) is 7.05 Å². The van der Waals surface area contributed by atoms with Crippen molar-refractivity contribution in [3.8, 4) is 11.5 Å². The fourth-order valence-electron chi connectivity index (χ4n) is 1.61. The lowest BCUT2D eigenvalue weighted by atomic mass is 10.2. The third-order valence-corrected chi connectivity index (χ3v) is 2.95. The first kappa shape index (κ1) is 13.1. The number of benzene rings is 2. The summed E-state index contributed by atoms with van der Waals surface area (Å²) in [6.45, 7) is 0.664. The fraction of sp³-hybridized carbons (Fsp3) is 0.143. The van der Waals surface area contributed by atoms with Gasteiger partial charge in [0.25, 0.3) is 0 Å². The number of nitrogens with one attached hydrogen (secondary N) is 1. The van der Waals surface area contributed by atoms with Crippen molar-refractivity contribution >= 4 is 15.9 Å². The highest BCUT2D eigenvalue weighted by atomic mass is 79.9. The van der Waals surface area contributed by atoms with Gasteiger partial charge in [0.1, 0.15) is 5.75 Å². The molecule has 0 atom stereocenters. The maximum Gasteiger partial charge on any atom is 0.165 e. The molecule has 18 heavy (non-hydrogen) atoms. The van der Waals surface area contributed by atoms with Crippen molar-refractivity contribution in [1.82, 2.24) is 5.32 Å². The summed E-state index contributed by atoms with van der Waals surface area (Å²) in [5.74, 6) is 0.504. The second-order valence-corrected chi connectivity index (χ2v) is 4.73. The van der Waals surface area contributed by atoms with E-state index in [1.807, 2.05) is 25.2 Å². The van der Waals surface area contributed by atoms with E-state index >= 15 is 0 Å². The molecule has 0 fully saturated rings. The summed E-state index contributed by atoms with van der Waals surface area (Å²) >= 11 is 3.39. The Morgan fingerprint density at radius 1 is 1.17 bits per heavy atom. The van der Waals surface area contributed by atoms with Gasteiger partial charge in [0.2, 0.25) is 0 Å². The molecule has 0 aromatic heterocycles. The molecule has 4 heteroatoms. The number of ether oxygens (including phenoxy) is 1. The van der Waals surface area contributed by atoms with Crippen molar-refractivity contribution in [1.29, 1.82) is 0 Å². The number of hydrogen-bond donors (Lipinski definition) is 1. The highest BCUT2D eigenvalue weighted by molar-refractivity contribution is 9.10. The molecule has 2 aromatic rings. The third-order valence-electron chi connectivity index (χ3n) is 2.45. The first-order chi connectivity index (χ1) is 8.70. The second kappa shape index (κ2) is 5.98. The van der Waals surface area contributed by atoms with Crippen LogP contribution in [0.3, 0.4) is 0 Å². The van der Waals surface area contributed by atoms with Gasteiger partial charge in [-0.3, -0.25) is 0 Å². The number of halogens is 2. The van der Waals surface area contributed by atoms with Gasteiger partial charge in [-0.2, -0.15) is 0 Å². The molecular formula is C14H13BrFNO. The highest BCUT2D eigenvalue weighted by Gasteiger charge is 2.08. The third kappa shape index (κ3) is 3.09. The molecule has 0 aliphatic carbocycles.